The van der Waals surface area contributed by atoms with Crippen molar-refractivity contribution < 1.29 is 14.3 Å². The van der Waals surface area contributed by atoms with Crippen molar-refractivity contribution >= 4 is 23.0 Å². The number of hydrogen-bond donors (Lipinski definition) is 1. The largest absolute Gasteiger partial charge is 0.448 e. The van der Waals surface area contributed by atoms with Crippen molar-refractivity contribution in [3.05, 3.63) is 0 Å². The highest BCUT2D eigenvalue weighted by atomic mass is 32.2. The van der Waals surface area contributed by atoms with E-state index in [1.807, 2.05) is 19.0 Å². The third kappa shape index (κ3) is 4.53. The summed E-state index contributed by atoms with van der Waals surface area (Å²) in [6, 6.07) is -0.359. The van der Waals surface area contributed by atoms with E-state index in [-0.39, 0.29) is 11.2 Å². The molecule has 6 heteroatoms. The van der Waals surface area contributed by atoms with Gasteiger partial charge in [-0.2, -0.15) is 0 Å². The lowest BCUT2D eigenvalue weighted by atomic mass is 10.3. The maximum absolute atomic E-state index is 11.2. The molecule has 1 saturated heterocycles. The molecule has 1 unspecified atom stereocenters. The zero-order chi connectivity index (χ0) is 11.3. The number of carbonyl (C=O) groups is 2. The highest BCUT2D eigenvalue weighted by Crippen LogP contribution is 2.19. The normalized spacial score (nSPS) is 20.7. The number of nitrogens with zero attached hydrogens (tertiary/aromatic N) is 1. The summed E-state index contributed by atoms with van der Waals surface area (Å²) in [5, 5.41) is 2.58. The van der Waals surface area contributed by atoms with Crippen molar-refractivity contribution in [2.24, 2.45) is 0 Å². The zero-order valence-electron chi connectivity index (χ0n) is 8.99. The number of ether oxygens (including phenoxy) is 1. The van der Waals surface area contributed by atoms with Gasteiger partial charge in [-0.05, 0) is 20.5 Å². The minimum absolute atomic E-state index is 0.0274. The summed E-state index contributed by atoms with van der Waals surface area (Å²) >= 11 is 1.26. The number of likely N-dealkylation sites (N-methyl/N-ethyl adjacent to an activating group) is 1. The van der Waals surface area contributed by atoms with Crippen LogP contribution in [-0.2, 0) is 9.53 Å². The lowest BCUT2D eigenvalue weighted by molar-refractivity contribution is -0.112. The molecule has 0 bridgehead atoms. The summed E-state index contributed by atoms with van der Waals surface area (Å²) in [5.41, 5.74) is 0. The van der Waals surface area contributed by atoms with Gasteiger partial charge in [0, 0.05) is 12.3 Å². The van der Waals surface area contributed by atoms with E-state index in [2.05, 4.69) is 5.32 Å². The first-order valence-corrected chi connectivity index (χ1v) is 5.83. The lowest BCUT2D eigenvalue weighted by Crippen LogP contribution is -2.38. The van der Waals surface area contributed by atoms with Crippen LogP contribution in [0.3, 0.4) is 0 Å². The van der Waals surface area contributed by atoms with E-state index in [1.165, 1.54) is 11.8 Å². The smallest absolute Gasteiger partial charge is 0.407 e. The molecule has 0 radical (unpaired) electrons. The minimum atomic E-state index is -0.502. The second kappa shape index (κ2) is 5.97. The Morgan fingerprint density at radius 3 is 2.93 bits per heavy atom. The van der Waals surface area contributed by atoms with Crippen LogP contribution in [0.4, 0.5) is 4.79 Å². The van der Waals surface area contributed by atoms with Crippen LogP contribution in [-0.4, -0.2) is 55.2 Å². The molecule has 1 aliphatic rings. The van der Waals surface area contributed by atoms with Crippen LogP contribution in [0.5, 0.6) is 0 Å². The summed E-state index contributed by atoms with van der Waals surface area (Å²) in [6.45, 7) is 1.02. The van der Waals surface area contributed by atoms with Crippen LogP contribution in [0.2, 0.25) is 0 Å². The Bertz CT molecular complexity index is 246. The molecule has 0 saturated carbocycles. The molecule has 1 N–H and O–H groups in total. The number of alkyl carbamates (subject to hydrolysis) is 1. The van der Waals surface area contributed by atoms with E-state index in [0.29, 0.717) is 19.6 Å². The second-order valence-electron chi connectivity index (χ2n) is 3.59. The average molecular weight is 232 g/mol. The van der Waals surface area contributed by atoms with Crippen molar-refractivity contribution in [2.75, 3.05) is 33.0 Å². The van der Waals surface area contributed by atoms with Gasteiger partial charge in [-0.1, -0.05) is 11.8 Å². The van der Waals surface area contributed by atoms with Crippen molar-refractivity contribution in [2.45, 2.75) is 12.5 Å². The molecule has 1 aliphatic heterocycles. The molecular weight excluding hydrogens is 216 g/mol. The van der Waals surface area contributed by atoms with Gasteiger partial charge in [0.25, 0.3) is 0 Å². The third-order valence-corrected chi connectivity index (χ3v) is 3.01. The topological polar surface area (TPSA) is 58.6 Å². The van der Waals surface area contributed by atoms with E-state index in [4.69, 9.17) is 4.74 Å². The molecular formula is C9H16N2O3S. The fourth-order valence-corrected chi connectivity index (χ4v) is 2.06. The molecule has 1 fully saturated rings. The van der Waals surface area contributed by atoms with Crippen LogP contribution >= 0.6 is 11.8 Å². The summed E-state index contributed by atoms with van der Waals surface area (Å²) in [7, 11) is 3.80. The number of nitrogens with one attached hydrogen (secondary N) is 1. The standard InChI is InChI=1S/C9H16N2O3S/c1-11(2)4-5-14-9(13)10-7-3-6-15-8(7)12/h7H,3-6H2,1-2H3,(H,10,13). The molecule has 0 aromatic heterocycles. The Morgan fingerprint density at radius 1 is 1.67 bits per heavy atom. The Hall–Kier alpha value is -0.750. The van der Waals surface area contributed by atoms with E-state index in [1.54, 1.807) is 0 Å². The van der Waals surface area contributed by atoms with Gasteiger partial charge >= 0.3 is 6.09 Å². The van der Waals surface area contributed by atoms with Gasteiger partial charge in [-0.15, -0.1) is 0 Å². The molecule has 0 aliphatic carbocycles. The Morgan fingerprint density at radius 2 is 2.40 bits per heavy atom. The fraction of sp³-hybridized carbons (Fsp3) is 0.778. The maximum Gasteiger partial charge on any atom is 0.407 e. The SMILES string of the molecule is CN(C)CCOC(=O)NC1CCSC1=O. The quantitative estimate of drug-likeness (QED) is 0.756. The van der Waals surface area contributed by atoms with Crippen LogP contribution < -0.4 is 5.32 Å². The highest BCUT2D eigenvalue weighted by molar-refractivity contribution is 8.14. The predicted molar refractivity (Wildman–Crippen MR) is 58.9 cm³/mol. The number of amides is 1. The summed E-state index contributed by atoms with van der Waals surface area (Å²) in [6.07, 6.45) is 0.199. The monoisotopic (exact) mass is 232 g/mol. The van der Waals surface area contributed by atoms with E-state index >= 15 is 0 Å². The van der Waals surface area contributed by atoms with Crippen molar-refractivity contribution in [1.29, 1.82) is 0 Å². The molecule has 0 aromatic rings. The van der Waals surface area contributed by atoms with Gasteiger partial charge < -0.3 is 15.0 Å². The van der Waals surface area contributed by atoms with E-state index in [0.717, 1.165) is 5.75 Å². The minimum Gasteiger partial charge on any atom is -0.448 e. The van der Waals surface area contributed by atoms with Crippen molar-refractivity contribution in [3.63, 3.8) is 0 Å². The second-order valence-corrected chi connectivity index (χ2v) is 4.69. The summed E-state index contributed by atoms with van der Waals surface area (Å²) in [5.74, 6) is 0.779. The maximum atomic E-state index is 11.2. The molecule has 1 amide bonds. The lowest BCUT2D eigenvalue weighted by Gasteiger charge is -2.12. The zero-order valence-corrected chi connectivity index (χ0v) is 9.80. The molecule has 0 spiro atoms. The van der Waals surface area contributed by atoms with Gasteiger partial charge in [0.15, 0.2) is 0 Å². The van der Waals surface area contributed by atoms with Crippen LogP contribution in [0, 0.1) is 0 Å². The molecule has 1 heterocycles. The fourth-order valence-electron chi connectivity index (χ4n) is 1.13. The predicted octanol–water partition coefficient (Wildman–Crippen LogP) is 0.306. The first-order valence-electron chi connectivity index (χ1n) is 4.84. The molecule has 86 valence electrons. The van der Waals surface area contributed by atoms with Crippen LogP contribution in [0.15, 0.2) is 0 Å². The number of rotatable bonds is 4. The molecule has 0 aromatic carbocycles. The summed E-state index contributed by atoms with van der Waals surface area (Å²) < 4.78 is 4.91. The van der Waals surface area contributed by atoms with Crippen LogP contribution in [0.1, 0.15) is 6.42 Å². The van der Waals surface area contributed by atoms with E-state index in [9.17, 15) is 9.59 Å². The van der Waals surface area contributed by atoms with Crippen LogP contribution in [0.25, 0.3) is 0 Å². The van der Waals surface area contributed by atoms with Gasteiger partial charge in [0.1, 0.15) is 12.6 Å². The first kappa shape index (κ1) is 12.3. The molecule has 1 rings (SSSR count). The molecule has 1 atom stereocenters. The van der Waals surface area contributed by atoms with Gasteiger partial charge in [-0.25, -0.2) is 4.79 Å². The summed E-state index contributed by atoms with van der Waals surface area (Å²) in [4.78, 5) is 24.3. The molecule has 15 heavy (non-hydrogen) atoms. The number of hydrogen-bond acceptors (Lipinski definition) is 5. The first-order chi connectivity index (χ1) is 7.09. The Labute approximate surface area is 93.5 Å². The average Bonchev–Trinajstić information content (AvgIpc) is 2.51. The molecule has 5 nitrogen and oxygen atoms in total. The third-order valence-electron chi connectivity index (χ3n) is 2.00. The number of thioether (sulfide) groups is 1. The Kier molecular flexibility index (Phi) is 4.90. The van der Waals surface area contributed by atoms with Gasteiger partial charge in [0.05, 0.1) is 0 Å². The van der Waals surface area contributed by atoms with Gasteiger partial charge in [-0.3, -0.25) is 4.79 Å². The van der Waals surface area contributed by atoms with Gasteiger partial charge in [0.2, 0.25) is 5.12 Å². The van der Waals surface area contributed by atoms with Crippen molar-refractivity contribution in [1.82, 2.24) is 10.2 Å². The number of carbonyl (C=O) groups excluding carboxylic acids is 2. The van der Waals surface area contributed by atoms with Crippen molar-refractivity contribution in [3.8, 4) is 0 Å². The Balaban J connectivity index is 2.15. The van der Waals surface area contributed by atoms with E-state index < -0.39 is 6.09 Å². The highest BCUT2D eigenvalue weighted by Gasteiger charge is 2.27.